The fraction of sp³-hybridized carbons (Fsp3) is 0.500. The molecule has 23 heavy (non-hydrogen) atoms. The second kappa shape index (κ2) is 9.15. The third-order valence-corrected chi connectivity index (χ3v) is 4.88. The van der Waals surface area contributed by atoms with E-state index < -0.39 is 0 Å². The maximum Gasteiger partial charge on any atom is 0.232 e. The number of hydrogen-bond donors (Lipinski definition) is 0. The van der Waals surface area contributed by atoms with Gasteiger partial charge in [-0.3, -0.25) is 9.59 Å². The van der Waals surface area contributed by atoms with Crippen LogP contribution in [0.2, 0.25) is 5.02 Å². The first-order valence-electron chi connectivity index (χ1n) is 7.48. The third-order valence-electron chi connectivity index (χ3n) is 3.61. The van der Waals surface area contributed by atoms with Crippen molar-refractivity contribution in [1.29, 1.82) is 0 Å². The van der Waals surface area contributed by atoms with Crippen LogP contribution in [0.1, 0.15) is 5.56 Å². The van der Waals surface area contributed by atoms with Gasteiger partial charge in [-0.1, -0.05) is 29.8 Å². The van der Waals surface area contributed by atoms with E-state index >= 15 is 0 Å². The SMILES string of the molecule is CN(Cc1ccccc1Cl)C(=O)CSCC(=O)N1CCOCC1. The summed E-state index contributed by atoms with van der Waals surface area (Å²) in [6.07, 6.45) is 0. The second-order valence-electron chi connectivity index (χ2n) is 5.33. The number of benzene rings is 1. The molecule has 2 amide bonds. The van der Waals surface area contributed by atoms with E-state index in [1.807, 2.05) is 24.3 Å². The molecule has 0 unspecified atom stereocenters. The van der Waals surface area contributed by atoms with Crippen molar-refractivity contribution in [2.45, 2.75) is 6.54 Å². The van der Waals surface area contributed by atoms with E-state index in [2.05, 4.69) is 0 Å². The molecule has 5 nitrogen and oxygen atoms in total. The topological polar surface area (TPSA) is 49.9 Å². The molecule has 0 spiro atoms. The number of morpholine rings is 1. The van der Waals surface area contributed by atoms with E-state index in [1.54, 1.807) is 16.8 Å². The summed E-state index contributed by atoms with van der Waals surface area (Å²) >= 11 is 7.45. The van der Waals surface area contributed by atoms with Crippen molar-refractivity contribution in [2.75, 3.05) is 44.9 Å². The predicted octanol–water partition coefficient (Wildman–Crippen LogP) is 1.89. The summed E-state index contributed by atoms with van der Waals surface area (Å²) in [5.74, 6) is 0.674. The normalized spacial score (nSPS) is 14.6. The van der Waals surface area contributed by atoms with Crippen LogP contribution in [0.15, 0.2) is 24.3 Å². The third kappa shape index (κ3) is 5.71. The van der Waals surface area contributed by atoms with Crippen LogP contribution in [0.25, 0.3) is 0 Å². The lowest BCUT2D eigenvalue weighted by Gasteiger charge is -2.26. The molecule has 0 radical (unpaired) electrons. The fourth-order valence-electron chi connectivity index (χ4n) is 2.21. The first-order chi connectivity index (χ1) is 11.1. The van der Waals surface area contributed by atoms with Gasteiger partial charge in [-0.15, -0.1) is 11.8 Å². The Morgan fingerprint density at radius 3 is 2.65 bits per heavy atom. The molecule has 126 valence electrons. The number of carbonyl (C=O) groups is 2. The summed E-state index contributed by atoms with van der Waals surface area (Å²) in [6, 6.07) is 7.47. The zero-order valence-electron chi connectivity index (χ0n) is 13.2. The Morgan fingerprint density at radius 2 is 1.96 bits per heavy atom. The van der Waals surface area contributed by atoms with E-state index in [0.717, 1.165) is 5.56 Å². The molecule has 1 aliphatic heterocycles. The number of amides is 2. The summed E-state index contributed by atoms with van der Waals surface area (Å²) in [5.41, 5.74) is 0.916. The molecule has 2 rings (SSSR count). The fourth-order valence-corrected chi connectivity index (χ4v) is 3.26. The van der Waals surface area contributed by atoms with Crippen LogP contribution in [-0.2, 0) is 20.9 Å². The van der Waals surface area contributed by atoms with Crippen molar-refractivity contribution < 1.29 is 14.3 Å². The smallest absolute Gasteiger partial charge is 0.232 e. The average Bonchev–Trinajstić information content (AvgIpc) is 2.57. The quantitative estimate of drug-likeness (QED) is 0.781. The largest absolute Gasteiger partial charge is 0.378 e. The Balaban J connectivity index is 1.71. The maximum absolute atomic E-state index is 12.1. The summed E-state index contributed by atoms with van der Waals surface area (Å²) in [7, 11) is 1.75. The van der Waals surface area contributed by atoms with Crippen LogP contribution in [0.3, 0.4) is 0 Å². The van der Waals surface area contributed by atoms with E-state index in [1.165, 1.54) is 11.8 Å². The van der Waals surface area contributed by atoms with E-state index in [-0.39, 0.29) is 17.6 Å². The van der Waals surface area contributed by atoms with E-state index in [4.69, 9.17) is 16.3 Å². The second-order valence-corrected chi connectivity index (χ2v) is 6.72. The van der Waals surface area contributed by atoms with Crippen LogP contribution in [0, 0.1) is 0 Å². The van der Waals surface area contributed by atoms with Gasteiger partial charge < -0.3 is 14.5 Å². The van der Waals surface area contributed by atoms with Gasteiger partial charge in [-0.2, -0.15) is 0 Å². The molecule has 0 saturated carbocycles. The number of nitrogens with zero attached hydrogens (tertiary/aromatic N) is 2. The molecule has 1 heterocycles. The lowest BCUT2D eigenvalue weighted by molar-refractivity contribution is -0.132. The first kappa shape index (κ1) is 18.1. The lowest BCUT2D eigenvalue weighted by atomic mass is 10.2. The van der Waals surface area contributed by atoms with Gasteiger partial charge in [0.2, 0.25) is 11.8 Å². The van der Waals surface area contributed by atoms with Crippen LogP contribution in [-0.4, -0.2) is 66.5 Å². The van der Waals surface area contributed by atoms with Crippen molar-refractivity contribution in [2.24, 2.45) is 0 Å². The highest BCUT2D eigenvalue weighted by Crippen LogP contribution is 2.17. The van der Waals surface area contributed by atoms with Gasteiger partial charge in [0.15, 0.2) is 0 Å². The summed E-state index contributed by atoms with van der Waals surface area (Å²) in [6.45, 7) is 2.93. The zero-order valence-corrected chi connectivity index (χ0v) is 14.7. The standard InChI is InChI=1S/C16H21ClN2O3S/c1-18(10-13-4-2-3-5-14(13)17)15(20)11-23-12-16(21)19-6-8-22-9-7-19/h2-5H,6-12H2,1H3. The lowest BCUT2D eigenvalue weighted by Crippen LogP contribution is -2.41. The van der Waals surface area contributed by atoms with Crippen LogP contribution < -0.4 is 0 Å². The molecule has 0 N–H and O–H groups in total. The van der Waals surface area contributed by atoms with Crippen molar-refractivity contribution in [3.8, 4) is 0 Å². The van der Waals surface area contributed by atoms with Crippen molar-refractivity contribution in [1.82, 2.24) is 9.80 Å². The van der Waals surface area contributed by atoms with Crippen molar-refractivity contribution in [3.05, 3.63) is 34.9 Å². The molecular formula is C16H21ClN2O3S. The van der Waals surface area contributed by atoms with Gasteiger partial charge in [-0.25, -0.2) is 0 Å². The molecule has 0 aromatic heterocycles. The minimum atomic E-state index is -0.00954. The monoisotopic (exact) mass is 356 g/mol. The molecule has 7 heteroatoms. The number of hydrogen-bond acceptors (Lipinski definition) is 4. The highest BCUT2D eigenvalue weighted by Gasteiger charge is 2.17. The van der Waals surface area contributed by atoms with Crippen LogP contribution >= 0.6 is 23.4 Å². The molecule has 1 saturated heterocycles. The van der Waals surface area contributed by atoms with Crippen molar-refractivity contribution in [3.63, 3.8) is 0 Å². The van der Waals surface area contributed by atoms with Gasteiger partial charge in [0, 0.05) is 31.7 Å². The molecule has 1 aromatic carbocycles. The minimum Gasteiger partial charge on any atom is -0.378 e. The zero-order chi connectivity index (χ0) is 16.7. The van der Waals surface area contributed by atoms with Crippen molar-refractivity contribution >= 4 is 35.2 Å². The molecule has 1 aliphatic rings. The molecule has 1 aromatic rings. The maximum atomic E-state index is 12.1. The Labute approximate surface area is 145 Å². The van der Waals surface area contributed by atoms with Gasteiger partial charge in [0.25, 0.3) is 0 Å². The number of halogens is 1. The first-order valence-corrected chi connectivity index (χ1v) is 9.02. The Morgan fingerprint density at radius 1 is 1.26 bits per heavy atom. The molecule has 0 bridgehead atoms. The highest BCUT2D eigenvalue weighted by atomic mass is 35.5. The number of carbonyl (C=O) groups excluding carboxylic acids is 2. The molecule has 0 aliphatic carbocycles. The van der Waals surface area contributed by atoms with E-state index in [0.29, 0.717) is 43.6 Å². The molecule has 0 atom stereocenters. The van der Waals surface area contributed by atoms with Gasteiger partial charge in [0.05, 0.1) is 24.7 Å². The average molecular weight is 357 g/mol. The van der Waals surface area contributed by atoms with Gasteiger partial charge in [-0.05, 0) is 11.6 Å². The number of ether oxygens (including phenoxy) is 1. The van der Waals surface area contributed by atoms with Crippen LogP contribution in [0.4, 0.5) is 0 Å². The summed E-state index contributed by atoms with van der Waals surface area (Å²) in [4.78, 5) is 27.5. The Kier molecular flexibility index (Phi) is 7.20. The predicted molar refractivity (Wildman–Crippen MR) is 92.7 cm³/mol. The Hall–Kier alpha value is -1.24. The molecule has 1 fully saturated rings. The van der Waals surface area contributed by atoms with Crippen LogP contribution in [0.5, 0.6) is 0 Å². The van der Waals surface area contributed by atoms with Gasteiger partial charge >= 0.3 is 0 Å². The molecular weight excluding hydrogens is 336 g/mol. The van der Waals surface area contributed by atoms with Gasteiger partial charge in [0.1, 0.15) is 0 Å². The number of rotatable bonds is 6. The number of thioether (sulfide) groups is 1. The summed E-state index contributed by atoms with van der Waals surface area (Å²) in [5, 5.41) is 0.655. The Bertz CT molecular complexity index is 550. The summed E-state index contributed by atoms with van der Waals surface area (Å²) < 4.78 is 5.22. The van der Waals surface area contributed by atoms with E-state index in [9.17, 15) is 9.59 Å². The minimum absolute atomic E-state index is 0.00954. The highest BCUT2D eigenvalue weighted by molar-refractivity contribution is 8.00.